The van der Waals surface area contributed by atoms with Crippen molar-refractivity contribution in [2.75, 3.05) is 12.9 Å². The van der Waals surface area contributed by atoms with Crippen LogP contribution in [0.1, 0.15) is 26.7 Å². The van der Waals surface area contributed by atoms with Gasteiger partial charge in [-0.1, -0.05) is 43.8 Å². The third-order valence-electron chi connectivity index (χ3n) is 1.97. The van der Waals surface area contributed by atoms with E-state index >= 15 is 0 Å². The van der Waals surface area contributed by atoms with Crippen LogP contribution >= 0.6 is 23.3 Å². The van der Waals surface area contributed by atoms with Gasteiger partial charge in [-0.15, -0.1) is 0 Å². The summed E-state index contributed by atoms with van der Waals surface area (Å²) < 4.78 is 9.76. The SMILES string of the molecule is CC/C=C\C(=C/CC)COc1nc(SC)ns1. The number of hydrogen-bond acceptors (Lipinski definition) is 5. The summed E-state index contributed by atoms with van der Waals surface area (Å²) in [6.45, 7) is 4.81. The first-order valence-corrected chi connectivity index (χ1v) is 7.66. The number of nitrogens with zero attached hydrogens (tertiary/aromatic N) is 2. The summed E-state index contributed by atoms with van der Waals surface area (Å²) >= 11 is 2.83. The summed E-state index contributed by atoms with van der Waals surface area (Å²) in [6.07, 6.45) is 10.4. The van der Waals surface area contributed by atoms with Gasteiger partial charge in [0.1, 0.15) is 6.61 Å². The van der Waals surface area contributed by atoms with Gasteiger partial charge in [0.2, 0.25) is 5.16 Å². The van der Waals surface area contributed by atoms with Crippen LogP contribution in [0.2, 0.25) is 0 Å². The van der Waals surface area contributed by atoms with E-state index in [1.807, 2.05) is 6.26 Å². The Hall–Kier alpha value is -0.810. The lowest BCUT2D eigenvalue weighted by molar-refractivity contribution is 0.351. The van der Waals surface area contributed by atoms with Crippen molar-refractivity contribution in [3.8, 4) is 5.19 Å². The molecule has 1 aromatic heterocycles. The quantitative estimate of drug-likeness (QED) is 0.555. The highest BCUT2D eigenvalue weighted by molar-refractivity contribution is 7.98. The van der Waals surface area contributed by atoms with Crippen LogP contribution in [0, 0.1) is 0 Å². The second-order valence-corrected chi connectivity index (χ2v) is 4.82. The lowest BCUT2D eigenvalue weighted by Gasteiger charge is -2.02. The van der Waals surface area contributed by atoms with Crippen LogP contribution in [0.15, 0.2) is 29.0 Å². The molecule has 0 saturated carbocycles. The molecule has 94 valence electrons. The van der Waals surface area contributed by atoms with Crippen molar-refractivity contribution < 1.29 is 4.74 Å². The van der Waals surface area contributed by atoms with Crippen LogP contribution in [-0.2, 0) is 0 Å². The normalized spacial score (nSPS) is 12.3. The molecule has 0 saturated heterocycles. The highest BCUT2D eigenvalue weighted by Crippen LogP contribution is 2.20. The molecule has 0 aliphatic carbocycles. The molecule has 0 amide bonds. The van der Waals surface area contributed by atoms with E-state index in [0.717, 1.165) is 18.0 Å². The predicted molar refractivity (Wildman–Crippen MR) is 75.0 cm³/mol. The number of aromatic nitrogens is 2. The molecular weight excluding hydrogens is 252 g/mol. The third kappa shape index (κ3) is 5.37. The highest BCUT2D eigenvalue weighted by atomic mass is 32.2. The maximum Gasteiger partial charge on any atom is 0.294 e. The molecule has 1 heterocycles. The number of hydrogen-bond donors (Lipinski definition) is 0. The second kappa shape index (κ2) is 8.31. The van der Waals surface area contributed by atoms with Gasteiger partial charge in [-0.25, -0.2) is 0 Å². The van der Waals surface area contributed by atoms with Gasteiger partial charge in [0, 0.05) is 11.5 Å². The molecule has 5 heteroatoms. The van der Waals surface area contributed by atoms with E-state index < -0.39 is 0 Å². The van der Waals surface area contributed by atoms with Crippen molar-refractivity contribution in [2.45, 2.75) is 31.8 Å². The molecule has 0 aromatic carbocycles. The van der Waals surface area contributed by atoms with Crippen molar-refractivity contribution >= 4 is 23.3 Å². The molecular formula is C12H18N2OS2. The highest BCUT2D eigenvalue weighted by Gasteiger charge is 2.03. The van der Waals surface area contributed by atoms with Gasteiger partial charge in [0.25, 0.3) is 5.19 Å². The summed E-state index contributed by atoms with van der Waals surface area (Å²) in [5.74, 6) is 0. The maximum absolute atomic E-state index is 5.61. The molecule has 1 rings (SSSR count). The largest absolute Gasteiger partial charge is 0.464 e. The van der Waals surface area contributed by atoms with Crippen LogP contribution in [0.5, 0.6) is 5.19 Å². The molecule has 0 aliphatic heterocycles. The number of ether oxygens (including phenoxy) is 1. The molecule has 0 unspecified atom stereocenters. The average molecular weight is 270 g/mol. The predicted octanol–water partition coefficient (Wildman–Crippen LogP) is 3.94. The zero-order chi connectivity index (χ0) is 12.5. The summed E-state index contributed by atoms with van der Waals surface area (Å²) in [6, 6.07) is 0. The van der Waals surface area contributed by atoms with Crippen LogP contribution in [0.25, 0.3) is 0 Å². The topological polar surface area (TPSA) is 35.0 Å². The molecule has 0 fully saturated rings. The molecule has 17 heavy (non-hydrogen) atoms. The number of allylic oxidation sites excluding steroid dienone is 2. The first kappa shape index (κ1) is 14.3. The van der Waals surface area contributed by atoms with Crippen LogP contribution < -0.4 is 4.74 Å². The Morgan fingerprint density at radius 2 is 2.24 bits per heavy atom. The summed E-state index contributed by atoms with van der Waals surface area (Å²) in [5, 5.41) is 1.41. The van der Waals surface area contributed by atoms with E-state index in [1.165, 1.54) is 28.9 Å². The van der Waals surface area contributed by atoms with Crippen molar-refractivity contribution in [1.29, 1.82) is 0 Å². The van der Waals surface area contributed by atoms with Crippen molar-refractivity contribution in [3.63, 3.8) is 0 Å². The molecule has 0 atom stereocenters. The van der Waals surface area contributed by atoms with E-state index in [-0.39, 0.29) is 0 Å². The zero-order valence-corrected chi connectivity index (χ0v) is 12.1. The van der Waals surface area contributed by atoms with Crippen LogP contribution in [-0.4, -0.2) is 22.2 Å². The minimum absolute atomic E-state index is 0.563. The second-order valence-electron chi connectivity index (χ2n) is 3.33. The Balaban J connectivity index is 2.51. The Kier molecular flexibility index (Phi) is 6.96. The van der Waals surface area contributed by atoms with E-state index in [1.54, 1.807) is 0 Å². The van der Waals surface area contributed by atoms with Crippen LogP contribution in [0.4, 0.5) is 0 Å². The van der Waals surface area contributed by atoms with Crippen molar-refractivity contribution in [1.82, 2.24) is 9.36 Å². The molecule has 0 radical (unpaired) electrons. The number of rotatable bonds is 7. The minimum Gasteiger partial charge on any atom is -0.464 e. The van der Waals surface area contributed by atoms with Crippen molar-refractivity contribution in [3.05, 3.63) is 23.8 Å². The van der Waals surface area contributed by atoms with E-state index in [2.05, 4.69) is 41.4 Å². The Morgan fingerprint density at radius 3 is 2.82 bits per heavy atom. The van der Waals surface area contributed by atoms with Gasteiger partial charge < -0.3 is 4.74 Å². The molecule has 1 aromatic rings. The van der Waals surface area contributed by atoms with E-state index in [9.17, 15) is 0 Å². The molecule has 0 N–H and O–H groups in total. The fourth-order valence-corrected chi connectivity index (χ4v) is 2.27. The van der Waals surface area contributed by atoms with E-state index in [0.29, 0.717) is 11.8 Å². The fourth-order valence-electron chi connectivity index (χ4n) is 1.19. The van der Waals surface area contributed by atoms with Gasteiger partial charge >= 0.3 is 0 Å². The summed E-state index contributed by atoms with van der Waals surface area (Å²) in [4.78, 5) is 4.24. The van der Waals surface area contributed by atoms with Gasteiger partial charge in [-0.05, 0) is 24.7 Å². The van der Waals surface area contributed by atoms with Crippen molar-refractivity contribution in [2.24, 2.45) is 0 Å². The molecule has 3 nitrogen and oxygen atoms in total. The van der Waals surface area contributed by atoms with Gasteiger partial charge in [0.05, 0.1) is 0 Å². The third-order valence-corrected chi connectivity index (χ3v) is 3.26. The van der Waals surface area contributed by atoms with E-state index in [4.69, 9.17) is 4.74 Å². The van der Waals surface area contributed by atoms with Gasteiger partial charge in [-0.2, -0.15) is 9.36 Å². The first-order chi connectivity index (χ1) is 8.30. The molecule has 0 aliphatic rings. The maximum atomic E-state index is 5.61. The fraction of sp³-hybridized carbons (Fsp3) is 0.500. The Labute approximate surface area is 111 Å². The Bertz CT molecular complexity index is 386. The first-order valence-electron chi connectivity index (χ1n) is 5.66. The monoisotopic (exact) mass is 270 g/mol. The Morgan fingerprint density at radius 1 is 1.41 bits per heavy atom. The lowest BCUT2D eigenvalue weighted by Crippen LogP contribution is -1.99. The molecule has 0 spiro atoms. The van der Waals surface area contributed by atoms with Gasteiger partial charge in [-0.3, -0.25) is 0 Å². The summed E-state index contributed by atoms with van der Waals surface area (Å²) in [7, 11) is 0. The average Bonchev–Trinajstić information content (AvgIpc) is 2.80. The minimum atomic E-state index is 0.563. The summed E-state index contributed by atoms with van der Waals surface area (Å²) in [5.41, 5.74) is 1.19. The van der Waals surface area contributed by atoms with Crippen LogP contribution in [0.3, 0.4) is 0 Å². The smallest absolute Gasteiger partial charge is 0.294 e. The van der Waals surface area contributed by atoms with Gasteiger partial charge in [0.15, 0.2) is 0 Å². The zero-order valence-electron chi connectivity index (χ0n) is 10.5. The lowest BCUT2D eigenvalue weighted by atomic mass is 10.2. The standard InChI is InChI=1S/C12H18N2OS2/c1-4-6-8-10(7-5-2)9-15-12-13-11(16-3)14-17-12/h6-8H,4-5,9H2,1-3H3/b8-6-,10-7+. The molecule has 0 bridgehead atoms. The number of thioether (sulfide) groups is 1.